The van der Waals surface area contributed by atoms with Crippen molar-refractivity contribution in [3.8, 4) is 0 Å². The Labute approximate surface area is 50.6 Å². The average molecular weight is 108 g/mol. The van der Waals surface area contributed by atoms with E-state index in [2.05, 4.69) is 19.1 Å². The Bertz CT molecular complexity index is 135. The van der Waals surface area contributed by atoms with Gasteiger partial charge >= 0.3 is 0 Å². The monoisotopic (exact) mass is 108 g/mol. The number of hydrogen-bond donors (Lipinski definition) is 0. The van der Waals surface area contributed by atoms with Crippen LogP contribution in [0, 0.1) is 11.3 Å². The van der Waals surface area contributed by atoms with Crippen LogP contribution in [0.5, 0.6) is 0 Å². The first-order chi connectivity index (χ1) is 3.81. The van der Waals surface area contributed by atoms with Crippen LogP contribution in [0.25, 0.3) is 0 Å². The average Bonchev–Trinajstić information content (AvgIpc) is 2.39. The van der Waals surface area contributed by atoms with Crippen molar-refractivity contribution >= 4 is 0 Å². The number of hydrogen-bond acceptors (Lipinski definition) is 0. The minimum atomic E-state index is 0.759. The van der Waals surface area contributed by atoms with Gasteiger partial charge in [0.1, 0.15) is 0 Å². The van der Waals surface area contributed by atoms with Crippen LogP contribution in [-0.2, 0) is 0 Å². The van der Waals surface area contributed by atoms with Gasteiger partial charge in [-0.2, -0.15) is 0 Å². The predicted octanol–water partition coefficient (Wildman–Crippen LogP) is 2.36. The van der Waals surface area contributed by atoms with Crippen LogP contribution in [0.1, 0.15) is 26.2 Å². The highest BCUT2D eigenvalue weighted by molar-refractivity contribution is 5.10. The second kappa shape index (κ2) is 1.18. The fourth-order valence-electron chi connectivity index (χ4n) is 1.73. The Balaban J connectivity index is 2.17. The molecule has 0 aromatic carbocycles. The van der Waals surface area contributed by atoms with Crippen molar-refractivity contribution in [2.24, 2.45) is 11.3 Å². The molecule has 2 unspecified atom stereocenters. The minimum absolute atomic E-state index is 0.759. The third-order valence-corrected chi connectivity index (χ3v) is 2.71. The minimum Gasteiger partial charge on any atom is -0.0882 e. The fraction of sp³-hybridized carbons (Fsp3) is 0.750. The summed E-state index contributed by atoms with van der Waals surface area (Å²) in [5.74, 6) is 1.06. The van der Waals surface area contributed by atoms with Gasteiger partial charge < -0.3 is 0 Å². The molecule has 0 heterocycles. The second-order valence-corrected chi connectivity index (χ2v) is 3.47. The standard InChI is InChI=1S/C8H12/c1-8-5-3-2-4-7(8)6-8/h2-3,7H,4-6H2,1H3. The summed E-state index contributed by atoms with van der Waals surface area (Å²) in [7, 11) is 0. The Morgan fingerprint density at radius 3 is 2.88 bits per heavy atom. The van der Waals surface area contributed by atoms with E-state index in [9.17, 15) is 0 Å². The Morgan fingerprint density at radius 2 is 2.38 bits per heavy atom. The van der Waals surface area contributed by atoms with Crippen LogP contribution < -0.4 is 0 Å². The Hall–Kier alpha value is -0.260. The molecule has 2 rings (SSSR count). The molecule has 0 nitrogen and oxygen atoms in total. The molecule has 0 amide bonds. The summed E-state index contributed by atoms with van der Waals surface area (Å²) < 4.78 is 0. The zero-order valence-electron chi connectivity index (χ0n) is 5.35. The van der Waals surface area contributed by atoms with Gasteiger partial charge in [-0.05, 0) is 30.6 Å². The van der Waals surface area contributed by atoms with E-state index in [0.717, 1.165) is 11.3 Å². The summed E-state index contributed by atoms with van der Waals surface area (Å²) in [5.41, 5.74) is 0.759. The molecule has 2 aliphatic rings. The molecule has 0 aromatic rings. The van der Waals surface area contributed by atoms with Crippen molar-refractivity contribution in [3.63, 3.8) is 0 Å². The van der Waals surface area contributed by atoms with Crippen LogP contribution in [0.3, 0.4) is 0 Å². The topological polar surface area (TPSA) is 0 Å². The lowest BCUT2D eigenvalue weighted by Crippen LogP contribution is -1.98. The van der Waals surface area contributed by atoms with Gasteiger partial charge in [-0.15, -0.1) is 0 Å². The van der Waals surface area contributed by atoms with E-state index in [0.29, 0.717) is 0 Å². The van der Waals surface area contributed by atoms with Crippen molar-refractivity contribution in [1.82, 2.24) is 0 Å². The quantitative estimate of drug-likeness (QED) is 0.418. The summed E-state index contributed by atoms with van der Waals surface area (Å²) >= 11 is 0. The normalized spacial score (nSPS) is 50.9. The summed E-state index contributed by atoms with van der Waals surface area (Å²) in [4.78, 5) is 0. The third-order valence-electron chi connectivity index (χ3n) is 2.71. The first kappa shape index (κ1) is 4.60. The van der Waals surface area contributed by atoms with Crippen LogP contribution >= 0.6 is 0 Å². The van der Waals surface area contributed by atoms with Crippen LogP contribution in [0.2, 0.25) is 0 Å². The SMILES string of the molecule is CC12CC=CCC1C2. The van der Waals surface area contributed by atoms with E-state index >= 15 is 0 Å². The lowest BCUT2D eigenvalue weighted by atomic mass is 9.96. The third kappa shape index (κ3) is 0.460. The van der Waals surface area contributed by atoms with Gasteiger partial charge in [-0.1, -0.05) is 19.1 Å². The van der Waals surface area contributed by atoms with Gasteiger partial charge in [0.25, 0.3) is 0 Å². The molecule has 0 spiro atoms. The molecule has 1 fully saturated rings. The first-order valence-electron chi connectivity index (χ1n) is 3.46. The summed E-state index contributed by atoms with van der Waals surface area (Å²) in [6.45, 7) is 2.40. The predicted molar refractivity (Wildman–Crippen MR) is 34.6 cm³/mol. The molecule has 2 aliphatic carbocycles. The maximum atomic E-state index is 2.40. The maximum absolute atomic E-state index is 2.40. The highest BCUT2D eigenvalue weighted by Crippen LogP contribution is 2.58. The number of rotatable bonds is 0. The molecule has 1 saturated carbocycles. The van der Waals surface area contributed by atoms with Crippen molar-refractivity contribution in [3.05, 3.63) is 12.2 Å². The molecule has 44 valence electrons. The summed E-state index contributed by atoms with van der Waals surface area (Å²) in [5, 5.41) is 0. The molecule has 0 N–H and O–H groups in total. The Morgan fingerprint density at radius 1 is 1.50 bits per heavy atom. The smallest absolute Gasteiger partial charge is 0.0257 e. The molecule has 0 bridgehead atoms. The zero-order chi connectivity index (χ0) is 5.61. The highest BCUT2D eigenvalue weighted by atomic mass is 14.5. The van der Waals surface area contributed by atoms with Gasteiger partial charge in [0.05, 0.1) is 0 Å². The molecular formula is C8H12. The second-order valence-electron chi connectivity index (χ2n) is 3.47. The molecule has 0 heteroatoms. The fourth-order valence-corrected chi connectivity index (χ4v) is 1.73. The van der Waals surface area contributed by atoms with Gasteiger partial charge in [0, 0.05) is 0 Å². The molecule has 0 saturated heterocycles. The van der Waals surface area contributed by atoms with E-state index in [1.807, 2.05) is 0 Å². The maximum Gasteiger partial charge on any atom is -0.0257 e. The van der Waals surface area contributed by atoms with Crippen LogP contribution in [0.4, 0.5) is 0 Å². The molecule has 0 aliphatic heterocycles. The number of allylic oxidation sites excluding steroid dienone is 2. The number of fused-ring (bicyclic) bond motifs is 1. The van der Waals surface area contributed by atoms with E-state index in [4.69, 9.17) is 0 Å². The summed E-state index contributed by atoms with van der Waals surface area (Å²) in [6, 6.07) is 0. The molecule has 8 heavy (non-hydrogen) atoms. The zero-order valence-corrected chi connectivity index (χ0v) is 5.35. The van der Waals surface area contributed by atoms with Crippen molar-refractivity contribution in [2.75, 3.05) is 0 Å². The van der Waals surface area contributed by atoms with E-state index in [1.54, 1.807) is 0 Å². The van der Waals surface area contributed by atoms with Crippen molar-refractivity contribution in [2.45, 2.75) is 26.2 Å². The molecule has 2 atom stereocenters. The van der Waals surface area contributed by atoms with Gasteiger partial charge in [-0.3, -0.25) is 0 Å². The van der Waals surface area contributed by atoms with Crippen LogP contribution in [-0.4, -0.2) is 0 Å². The van der Waals surface area contributed by atoms with Crippen LogP contribution in [0.15, 0.2) is 12.2 Å². The Kier molecular flexibility index (Phi) is 0.677. The van der Waals surface area contributed by atoms with Gasteiger partial charge in [-0.25, -0.2) is 0 Å². The first-order valence-corrected chi connectivity index (χ1v) is 3.46. The largest absolute Gasteiger partial charge is 0.0882 e. The van der Waals surface area contributed by atoms with Gasteiger partial charge in [0.15, 0.2) is 0 Å². The molecule has 0 radical (unpaired) electrons. The van der Waals surface area contributed by atoms with Gasteiger partial charge in [0.2, 0.25) is 0 Å². The summed E-state index contributed by atoms with van der Waals surface area (Å²) in [6.07, 6.45) is 8.86. The van der Waals surface area contributed by atoms with Crippen molar-refractivity contribution in [1.29, 1.82) is 0 Å². The van der Waals surface area contributed by atoms with Crippen molar-refractivity contribution < 1.29 is 0 Å². The lowest BCUT2D eigenvalue weighted by Gasteiger charge is -2.09. The van der Waals surface area contributed by atoms with E-state index in [-0.39, 0.29) is 0 Å². The molecular weight excluding hydrogens is 96.1 g/mol. The van der Waals surface area contributed by atoms with E-state index in [1.165, 1.54) is 19.3 Å². The highest BCUT2D eigenvalue weighted by Gasteiger charge is 2.48. The molecule has 0 aromatic heterocycles. The lowest BCUT2D eigenvalue weighted by molar-refractivity contribution is 0.495. The van der Waals surface area contributed by atoms with E-state index < -0.39 is 0 Å².